The number of carbonyl (C=O) groups excluding carboxylic acids is 1. The number of rotatable bonds is 4. The number of amides is 1. The molecular formula is C20H16ClN5O2. The van der Waals surface area contributed by atoms with Gasteiger partial charge in [-0.25, -0.2) is 15.0 Å². The molecule has 3 aromatic heterocycles. The van der Waals surface area contributed by atoms with Crippen LogP contribution >= 0.6 is 11.6 Å². The van der Waals surface area contributed by atoms with Crippen molar-refractivity contribution in [1.29, 1.82) is 0 Å². The fourth-order valence-electron chi connectivity index (χ4n) is 2.83. The Kier molecular flexibility index (Phi) is 4.67. The number of fused-ring (bicyclic) bond motifs is 1. The molecule has 0 aliphatic rings. The summed E-state index contributed by atoms with van der Waals surface area (Å²) in [5.41, 5.74) is 3.37. The first-order chi connectivity index (χ1) is 13.6. The van der Waals surface area contributed by atoms with Crippen LogP contribution in [0, 0.1) is 0 Å². The zero-order chi connectivity index (χ0) is 19.7. The van der Waals surface area contributed by atoms with Crippen LogP contribution in [0.1, 0.15) is 10.5 Å². The molecule has 0 spiro atoms. The molecule has 0 bridgehead atoms. The third-order valence-electron chi connectivity index (χ3n) is 4.40. The molecule has 0 radical (unpaired) electrons. The third kappa shape index (κ3) is 3.27. The van der Waals surface area contributed by atoms with Gasteiger partial charge in [-0.1, -0.05) is 11.6 Å². The summed E-state index contributed by atoms with van der Waals surface area (Å²) in [6, 6.07) is 11.0. The number of hydrogen-bond acceptors (Lipinski definition) is 5. The van der Waals surface area contributed by atoms with E-state index in [0.29, 0.717) is 16.5 Å². The first-order valence-electron chi connectivity index (χ1n) is 8.44. The topological polar surface area (TPSA) is 72.6 Å². The molecule has 140 valence electrons. The normalized spacial score (nSPS) is 10.8. The molecule has 3 heterocycles. The highest BCUT2D eigenvalue weighted by atomic mass is 35.5. The highest BCUT2D eigenvalue weighted by Gasteiger charge is 2.17. The quantitative estimate of drug-likeness (QED) is 0.494. The Hall–Kier alpha value is -3.45. The van der Waals surface area contributed by atoms with Gasteiger partial charge < -0.3 is 9.64 Å². The van der Waals surface area contributed by atoms with E-state index in [-0.39, 0.29) is 11.6 Å². The van der Waals surface area contributed by atoms with Crippen LogP contribution in [0.5, 0.6) is 5.75 Å². The molecule has 0 N–H and O–H groups in total. The van der Waals surface area contributed by atoms with Crippen molar-refractivity contribution in [2.24, 2.45) is 0 Å². The van der Waals surface area contributed by atoms with Gasteiger partial charge in [0.15, 0.2) is 5.65 Å². The number of nitrogens with zero attached hydrogens (tertiary/aromatic N) is 5. The molecule has 4 aromatic rings. The highest BCUT2D eigenvalue weighted by Crippen LogP contribution is 2.24. The number of halogens is 1. The van der Waals surface area contributed by atoms with Gasteiger partial charge in [-0.3, -0.25) is 9.20 Å². The Bertz CT molecular complexity index is 1140. The van der Waals surface area contributed by atoms with Gasteiger partial charge >= 0.3 is 0 Å². The van der Waals surface area contributed by atoms with Gasteiger partial charge in [-0.15, -0.1) is 0 Å². The van der Waals surface area contributed by atoms with Gasteiger partial charge in [0.25, 0.3) is 5.91 Å². The lowest BCUT2D eigenvalue weighted by Gasteiger charge is -2.16. The zero-order valence-electron chi connectivity index (χ0n) is 15.2. The molecule has 0 aliphatic carbocycles. The zero-order valence-corrected chi connectivity index (χ0v) is 16.0. The molecule has 7 nitrogen and oxygen atoms in total. The second-order valence-electron chi connectivity index (χ2n) is 6.08. The monoisotopic (exact) mass is 393 g/mol. The summed E-state index contributed by atoms with van der Waals surface area (Å²) in [5, 5.41) is 0.367. The summed E-state index contributed by atoms with van der Waals surface area (Å²) < 4.78 is 7.05. The lowest BCUT2D eigenvalue weighted by atomic mass is 10.1. The van der Waals surface area contributed by atoms with E-state index in [1.54, 1.807) is 51.1 Å². The average molecular weight is 394 g/mol. The molecule has 28 heavy (non-hydrogen) atoms. The van der Waals surface area contributed by atoms with Crippen LogP contribution in [0.3, 0.4) is 0 Å². The molecule has 0 unspecified atom stereocenters. The minimum absolute atomic E-state index is 0.264. The Morgan fingerprint density at radius 2 is 1.82 bits per heavy atom. The van der Waals surface area contributed by atoms with Crippen LogP contribution in [0.2, 0.25) is 5.15 Å². The summed E-state index contributed by atoms with van der Waals surface area (Å²) in [7, 11) is 3.29. The number of anilines is 1. The van der Waals surface area contributed by atoms with Gasteiger partial charge in [0.1, 0.15) is 16.6 Å². The summed E-state index contributed by atoms with van der Waals surface area (Å²) in [4.78, 5) is 27.0. The van der Waals surface area contributed by atoms with Crippen molar-refractivity contribution in [2.45, 2.75) is 0 Å². The van der Waals surface area contributed by atoms with Gasteiger partial charge in [0.05, 0.1) is 37.1 Å². The molecule has 1 aromatic carbocycles. The van der Waals surface area contributed by atoms with E-state index in [1.807, 2.05) is 28.7 Å². The Morgan fingerprint density at radius 1 is 1.04 bits per heavy atom. The van der Waals surface area contributed by atoms with Crippen molar-refractivity contribution in [2.75, 3.05) is 19.1 Å². The number of benzene rings is 1. The first-order valence-corrected chi connectivity index (χ1v) is 8.82. The fraction of sp³-hybridized carbons (Fsp3) is 0.100. The molecule has 8 heteroatoms. The maximum absolute atomic E-state index is 12.9. The number of imidazole rings is 1. The van der Waals surface area contributed by atoms with Crippen LogP contribution in [0.15, 0.2) is 61.2 Å². The minimum atomic E-state index is -0.264. The summed E-state index contributed by atoms with van der Waals surface area (Å²) >= 11 is 5.82. The summed E-state index contributed by atoms with van der Waals surface area (Å²) in [5.74, 6) is 0.508. The molecule has 0 fully saturated rings. The smallest absolute Gasteiger partial charge is 0.278 e. The number of aromatic nitrogens is 4. The minimum Gasteiger partial charge on any atom is -0.497 e. The summed E-state index contributed by atoms with van der Waals surface area (Å²) in [6.07, 6.45) is 6.55. The second-order valence-corrected chi connectivity index (χ2v) is 6.46. The Morgan fingerprint density at radius 3 is 2.50 bits per heavy atom. The number of pyridine rings is 1. The highest BCUT2D eigenvalue weighted by molar-refractivity contribution is 6.29. The van der Waals surface area contributed by atoms with Crippen molar-refractivity contribution >= 4 is 28.8 Å². The summed E-state index contributed by atoms with van der Waals surface area (Å²) in [6.45, 7) is 0. The predicted octanol–water partition coefficient (Wildman–Crippen LogP) is 3.73. The van der Waals surface area contributed by atoms with Gasteiger partial charge in [-0.05, 0) is 36.4 Å². The van der Waals surface area contributed by atoms with Crippen molar-refractivity contribution < 1.29 is 9.53 Å². The standard InChI is InChI=1S/C20H16ClN5O2/c1-25(14-5-8-18(21)23-9-14)20(27)16-12-26-17(10-24-19(26)11-22-16)13-3-6-15(28-2)7-4-13/h3-12H,1-2H3. The maximum atomic E-state index is 12.9. The molecular weight excluding hydrogens is 378 g/mol. The van der Waals surface area contributed by atoms with E-state index >= 15 is 0 Å². The van der Waals surface area contributed by atoms with Crippen LogP contribution in [-0.2, 0) is 0 Å². The van der Waals surface area contributed by atoms with Crippen molar-refractivity contribution in [3.8, 4) is 17.0 Å². The largest absolute Gasteiger partial charge is 0.497 e. The van der Waals surface area contributed by atoms with Crippen LogP contribution in [0.4, 0.5) is 5.69 Å². The molecule has 0 aliphatic heterocycles. The van der Waals surface area contributed by atoms with E-state index in [4.69, 9.17) is 16.3 Å². The van der Waals surface area contributed by atoms with Crippen LogP contribution < -0.4 is 9.64 Å². The maximum Gasteiger partial charge on any atom is 0.278 e. The van der Waals surface area contributed by atoms with E-state index in [0.717, 1.165) is 17.0 Å². The lowest BCUT2D eigenvalue weighted by molar-refractivity contribution is 0.0987. The fourth-order valence-corrected chi connectivity index (χ4v) is 2.94. The molecule has 4 rings (SSSR count). The van der Waals surface area contributed by atoms with Crippen molar-refractivity contribution in [1.82, 2.24) is 19.4 Å². The average Bonchev–Trinajstić information content (AvgIpc) is 3.16. The number of ether oxygens (including phenoxy) is 1. The van der Waals surface area contributed by atoms with E-state index in [1.165, 1.54) is 4.90 Å². The molecule has 1 amide bonds. The van der Waals surface area contributed by atoms with Gasteiger partial charge in [-0.2, -0.15) is 0 Å². The second kappa shape index (κ2) is 7.28. The lowest BCUT2D eigenvalue weighted by Crippen LogP contribution is -2.27. The third-order valence-corrected chi connectivity index (χ3v) is 4.63. The van der Waals surface area contributed by atoms with E-state index in [2.05, 4.69) is 15.0 Å². The van der Waals surface area contributed by atoms with Crippen LogP contribution in [-0.4, -0.2) is 39.4 Å². The first kappa shape index (κ1) is 17.9. The van der Waals surface area contributed by atoms with Crippen molar-refractivity contribution in [3.05, 3.63) is 72.0 Å². The number of hydrogen-bond donors (Lipinski definition) is 0. The van der Waals surface area contributed by atoms with E-state index in [9.17, 15) is 4.79 Å². The Labute approximate surface area is 166 Å². The Balaban J connectivity index is 1.70. The van der Waals surface area contributed by atoms with Crippen molar-refractivity contribution in [3.63, 3.8) is 0 Å². The van der Waals surface area contributed by atoms with E-state index < -0.39 is 0 Å². The number of methoxy groups -OCH3 is 1. The molecule has 0 saturated carbocycles. The van der Waals surface area contributed by atoms with Crippen LogP contribution in [0.25, 0.3) is 16.9 Å². The molecule has 0 saturated heterocycles. The predicted molar refractivity (Wildman–Crippen MR) is 107 cm³/mol. The molecule has 0 atom stereocenters. The number of carbonyl (C=O) groups is 1. The SMILES string of the molecule is COc1ccc(-c2cnc3cnc(C(=O)N(C)c4ccc(Cl)nc4)cn23)cc1. The van der Waals surface area contributed by atoms with Gasteiger partial charge in [0.2, 0.25) is 0 Å². The van der Waals surface area contributed by atoms with Gasteiger partial charge in [0, 0.05) is 18.8 Å².